The van der Waals surface area contributed by atoms with Gasteiger partial charge in [-0.25, -0.2) is 17.9 Å². The zero-order valence-electron chi connectivity index (χ0n) is 17.4. The van der Waals surface area contributed by atoms with Crippen LogP contribution in [0.25, 0.3) is 5.78 Å². The van der Waals surface area contributed by atoms with Crippen molar-refractivity contribution in [1.29, 1.82) is 0 Å². The van der Waals surface area contributed by atoms with Crippen molar-refractivity contribution in [2.45, 2.75) is 39.1 Å². The van der Waals surface area contributed by atoms with Gasteiger partial charge >= 0.3 is 0 Å². The Kier molecular flexibility index (Phi) is 5.03. The standard InChI is InChI=1S/C22H23N5O2S/c1-15-5-9-19(10-6-15)26(30(28,29)20-11-7-16(2)8-12-20)14-21-24-22-23-17(3)13-18(4)27(22)25-21/h5-13H,14H2,1-4H3. The third-order valence-corrected chi connectivity index (χ3v) is 6.67. The predicted octanol–water partition coefficient (Wildman–Crippen LogP) is 3.75. The summed E-state index contributed by atoms with van der Waals surface area (Å²) in [6.45, 7) is 7.69. The molecule has 0 saturated carbocycles. The van der Waals surface area contributed by atoms with Crippen molar-refractivity contribution in [3.8, 4) is 0 Å². The van der Waals surface area contributed by atoms with Crippen LogP contribution < -0.4 is 4.31 Å². The lowest BCUT2D eigenvalue weighted by Crippen LogP contribution is -2.31. The van der Waals surface area contributed by atoms with Gasteiger partial charge in [-0.05, 0) is 58.0 Å². The average molecular weight is 422 g/mol. The molecule has 4 aromatic rings. The van der Waals surface area contributed by atoms with Gasteiger partial charge in [0.25, 0.3) is 15.8 Å². The molecular formula is C22H23N5O2S. The highest BCUT2D eigenvalue weighted by Crippen LogP contribution is 2.26. The molecule has 7 nitrogen and oxygen atoms in total. The van der Waals surface area contributed by atoms with Gasteiger partial charge in [0.2, 0.25) is 0 Å². The van der Waals surface area contributed by atoms with Crippen molar-refractivity contribution in [3.05, 3.63) is 82.9 Å². The van der Waals surface area contributed by atoms with Crippen LogP contribution in [0.15, 0.2) is 59.5 Å². The zero-order chi connectivity index (χ0) is 21.5. The summed E-state index contributed by atoms with van der Waals surface area (Å²) in [6, 6.07) is 16.1. The van der Waals surface area contributed by atoms with Gasteiger partial charge in [0.1, 0.15) is 0 Å². The molecule has 8 heteroatoms. The van der Waals surface area contributed by atoms with Gasteiger partial charge in [0.05, 0.1) is 17.1 Å². The molecule has 2 heterocycles. The second-order valence-electron chi connectivity index (χ2n) is 7.44. The van der Waals surface area contributed by atoms with Crippen LogP contribution in [0.4, 0.5) is 5.69 Å². The van der Waals surface area contributed by atoms with E-state index < -0.39 is 10.0 Å². The Bertz CT molecular complexity index is 1310. The quantitative estimate of drug-likeness (QED) is 0.490. The minimum atomic E-state index is -3.81. The van der Waals surface area contributed by atoms with Crippen LogP contribution in [0.3, 0.4) is 0 Å². The lowest BCUT2D eigenvalue weighted by molar-refractivity contribution is 0.589. The van der Waals surface area contributed by atoms with Crippen LogP contribution in [0, 0.1) is 27.7 Å². The van der Waals surface area contributed by atoms with Crippen molar-refractivity contribution in [2.24, 2.45) is 0 Å². The highest BCUT2D eigenvalue weighted by atomic mass is 32.2. The Labute approximate surface area is 176 Å². The van der Waals surface area contributed by atoms with E-state index in [1.165, 1.54) is 4.31 Å². The van der Waals surface area contributed by atoms with Gasteiger partial charge in [-0.2, -0.15) is 4.98 Å². The van der Waals surface area contributed by atoms with Crippen molar-refractivity contribution in [1.82, 2.24) is 19.6 Å². The molecule has 4 rings (SSSR count). The van der Waals surface area contributed by atoms with Gasteiger partial charge in [0.15, 0.2) is 5.82 Å². The minimum Gasteiger partial charge on any atom is -0.259 e. The van der Waals surface area contributed by atoms with E-state index in [0.29, 0.717) is 17.3 Å². The van der Waals surface area contributed by atoms with Gasteiger partial charge in [-0.15, -0.1) is 5.10 Å². The summed E-state index contributed by atoms with van der Waals surface area (Å²) >= 11 is 0. The highest BCUT2D eigenvalue weighted by molar-refractivity contribution is 7.92. The number of sulfonamides is 1. The molecule has 0 unspecified atom stereocenters. The third kappa shape index (κ3) is 3.78. The van der Waals surface area contributed by atoms with Gasteiger partial charge in [-0.1, -0.05) is 35.4 Å². The summed E-state index contributed by atoms with van der Waals surface area (Å²) in [6.07, 6.45) is 0. The molecular weight excluding hydrogens is 398 g/mol. The molecule has 0 atom stereocenters. The van der Waals surface area contributed by atoms with Crippen LogP contribution >= 0.6 is 0 Å². The van der Waals surface area contributed by atoms with E-state index in [9.17, 15) is 8.42 Å². The van der Waals surface area contributed by atoms with E-state index in [0.717, 1.165) is 22.5 Å². The number of nitrogens with zero attached hydrogens (tertiary/aromatic N) is 5. The van der Waals surface area contributed by atoms with E-state index in [1.54, 1.807) is 40.9 Å². The maximum Gasteiger partial charge on any atom is 0.264 e. The topological polar surface area (TPSA) is 80.5 Å². The van der Waals surface area contributed by atoms with E-state index >= 15 is 0 Å². The van der Waals surface area contributed by atoms with E-state index in [4.69, 9.17) is 0 Å². The molecule has 0 aliphatic carbocycles. The largest absolute Gasteiger partial charge is 0.264 e. The number of aryl methyl sites for hydroxylation is 4. The smallest absolute Gasteiger partial charge is 0.259 e. The summed E-state index contributed by atoms with van der Waals surface area (Å²) in [5, 5.41) is 4.49. The molecule has 2 aromatic heterocycles. The number of hydrogen-bond donors (Lipinski definition) is 0. The third-order valence-electron chi connectivity index (χ3n) is 4.88. The Hall–Kier alpha value is -3.26. The summed E-state index contributed by atoms with van der Waals surface area (Å²) in [5.41, 5.74) is 4.32. The number of rotatable bonds is 5. The Morgan fingerprint density at radius 3 is 2.10 bits per heavy atom. The summed E-state index contributed by atoms with van der Waals surface area (Å²) in [5.74, 6) is 0.839. The maximum atomic E-state index is 13.5. The average Bonchev–Trinajstić information content (AvgIpc) is 3.10. The van der Waals surface area contributed by atoms with Crippen LogP contribution in [-0.4, -0.2) is 28.0 Å². The molecule has 0 aliphatic rings. The highest BCUT2D eigenvalue weighted by Gasteiger charge is 2.27. The van der Waals surface area contributed by atoms with Crippen LogP contribution in [0.1, 0.15) is 28.3 Å². The first-order valence-corrected chi connectivity index (χ1v) is 11.0. The predicted molar refractivity (Wildman–Crippen MR) is 116 cm³/mol. The summed E-state index contributed by atoms with van der Waals surface area (Å²) in [4.78, 5) is 9.10. The van der Waals surface area contributed by atoms with E-state index in [-0.39, 0.29) is 11.4 Å². The Morgan fingerprint density at radius 2 is 1.47 bits per heavy atom. The van der Waals surface area contributed by atoms with Crippen LogP contribution in [-0.2, 0) is 16.6 Å². The first-order valence-electron chi connectivity index (χ1n) is 9.60. The summed E-state index contributed by atoms with van der Waals surface area (Å²) in [7, 11) is -3.81. The van der Waals surface area contributed by atoms with E-state index in [1.807, 2.05) is 45.9 Å². The molecule has 154 valence electrons. The second kappa shape index (κ2) is 7.53. The molecule has 0 radical (unpaired) electrons. The van der Waals surface area contributed by atoms with Gasteiger partial charge in [0, 0.05) is 11.4 Å². The maximum absolute atomic E-state index is 13.5. The van der Waals surface area contributed by atoms with Crippen LogP contribution in [0.5, 0.6) is 0 Å². The first kappa shape index (κ1) is 20.0. The molecule has 0 fully saturated rings. The van der Waals surface area contributed by atoms with E-state index in [2.05, 4.69) is 15.1 Å². The molecule has 30 heavy (non-hydrogen) atoms. The molecule has 0 aliphatic heterocycles. The molecule has 0 bridgehead atoms. The Morgan fingerprint density at radius 1 is 0.867 bits per heavy atom. The fraction of sp³-hybridized carbons (Fsp3) is 0.227. The molecule has 2 aromatic carbocycles. The molecule has 0 amide bonds. The lowest BCUT2D eigenvalue weighted by atomic mass is 10.2. The second-order valence-corrected chi connectivity index (χ2v) is 9.30. The molecule has 0 N–H and O–H groups in total. The van der Waals surface area contributed by atoms with Gasteiger partial charge in [-0.3, -0.25) is 4.31 Å². The zero-order valence-corrected chi connectivity index (χ0v) is 18.2. The van der Waals surface area contributed by atoms with Crippen molar-refractivity contribution in [2.75, 3.05) is 4.31 Å². The fourth-order valence-electron chi connectivity index (χ4n) is 3.27. The Balaban J connectivity index is 1.81. The van der Waals surface area contributed by atoms with Crippen molar-refractivity contribution in [3.63, 3.8) is 0 Å². The number of benzene rings is 2. The first-order chi connectivity index (χ1) is 14.2. The monoisotopic (exact) mass is 421 g/mol. The molecule has 0 spiro atoms. The molecule has 0 saturated heterocycles. The van der Waals surface area contributed by atoms with Crippen molar-refractivity contribution < 1.29 is 8.42 Å². The van der Waals surface area contributed by atoms with Crippen LogP contribution in [0.2, 0.25) is 0 Å². The number of hydrogen-bond acceptors (Lipinski definition) is 5. The number of aromatic nitrogens is 4. The SMILES string of the molecule is Cc1ccc(N(Cc2nc3nc(C)cc(C)n3n2)S(=O)(=O)c2ccc(C)cc2)cc1. The number of anilines is 1. The lowest BCUT2D eigenvalue weighted by Gasteiger charge is -2.23. The fourth-order valence-corrected chi connectivity index (χ4v) is 4.69. The normalized spacial score (nSPS) is 11.7. The minimum absolute atomic E-state index is 0.00111. The summed E-state index contributed by atoms with van der Waals surface area (Å²) < 4.78 is 30.0. The van der Waals surface area contributed by atoms with Gasteiger partial charge < -0.3 is 0 Å². The van der Waals surface area contributed by atoms with Crippen molar-refractivity contribution >= 4 is 21.5 Å². The number of fused-ring (bicyclic) bond motifs is 1.